The van der Waals surface area contributed by atoms with Gasteiger partial charge in [0.2, 0.25) is 0 Å². The summed E-state index contributed by atoms with van der Waals surface area (Å²) in [5, 5.41) is 3.68. The maximum Gasteiger partial charge on any atom is 0.123 e. The highest BCUT2D eigenvalue weighted by molar-refractivity contribution is 6.31. The molecule has 90 valence electrons. The van der Waals surface area contributed by atoms with Gasteiger partial charge in [-0.25, -0.2) is 4.39 Å². The molecule has 0 amide bonds. The lowest BCUT2D eigenvalue weighted by Crippen LogP contribution is -2.04. The van der Waals surface area contributed by atoms with Crippen LogP contribution in [-0.2, 0) is 13.1 Å². The van der Waals surface area contributed by atoms with E-state index in [4.69, 9.17) is 11.6 Å². The molecule has 1 aromatic heterocycles. The minimum atomic E-state index is -0.257. The summed E-state index contributed by atoms with van der Waals surface area (Å²) in [7, 11) is 1.90. The summed E-state index contributed by atoms with van der Waals surface area (Å²) in [6, 6.07) is 6.46. The van der Waals surface area contributed by atoms with Crippen molar-refractivity contribution < 1.29 is 4.39 Å². The van der Waals surface area contributed by atoms with Crippen molar-refractivity contribution >= 4 is 11.6 Å². The van der Waals surface area contributed by atoms with Gasteiger partial charge in [-0.1, -0.05) is 11.6 Å². The van der Waals surface area contributed by atoms with E-state index in [1.807, 2.05) is 30.1 Å². The molecule has 0 bridgehead atoms. The Morgan fingerprint density at radius 3 is 2.94 bits per heavy atom. The van der Waals surface area contributed by atoms with Crippen LogP contribution in [0, 0.1) is 5.82 Å². The molecular weight excluding hydrogens is 239 g/mol. The topological polar surface area (TPSA) is 17.0 Å². The maximum absolute atomic E-state index is 13.1. The highest BCUT2D eigenvalue weighted by Gasteiger charge is 2.03. The number of aromatic nitrogens is 1. The molecule has 1 N–H and O–H groups in total. The van der Waals surface area contributed by atoms with Crippen molar-refractivity contribution in [2.45, 2.75) is 13.1 Å². The van der Waals surface area contributed by atoms with Crippen molar-refractivity contribution in [2.75, 3.05) is 7.05 Å². The molecule has 2 aromatic rings. The Morgan fingerprint density at radius 2 is 2.18 bits per heavy atom. The third-order valence-electron chi connectivity index (χ3n) is 2.55. The van der Waals surface area contributed by atoms with Crippen molar-refractivity contribution in [2.24, 2.45) is 0 Å². The quantitative estimate of drug-likeness (QED) is 0.885. The summed E-state index contributed by atoms with van der Waals surface area (Å²) in [4.78, 5) is 0. The summed E-state index contributed by atoms with van der Waals surface area (Å²) in [5.74, 6) is -0.257. The van der Waals surface area contributed by atoms with Gasteiger partial charge in [0.25, 0.3) is 0 Å². The van der Waals surface area contributed by atoms with Crippen LogP contribution >= 0.6 is 11.6 Å². The first kappa shape index (κ1) is 12.1. The van der Waals surface area contributed by atoms with Crippen LogP contribution in [-0.4, -0.2) is 11.6 Å². The predicted molar refractivity (Wildman–Crippen MR) is 67.7 cm³/mol. The first-order valence-electron chi connectivity index (χ1n) is 5.42. The lowest BCUT2D eigenvalue weighted by atomic mass is 10.2. The van der Waals surface area contributed by atoms with E-state index in [9.17, 15) is 4.39 Å². The number of nitrogens with one attached hydrogen (secondary N) is 1. The Hall–Kier alpha value is -1.32. The van der Waals surface area contributed by atoms with Crippen LogP contribution < -0.4 is 5.32 Å². The molecule has 0 unspecified atom stereocenters. The largest absolute Gasteiger partial charge is 0.350 e. The summed E-state index contributed by atoms with van der Waals surface area (Å²) in [5.41, 5.74) is 1.98. The van der Waals surface area contributed by atoms with Crippen LogP contribution in [0.1, 0.15) is 11.1 Å². The SMILES string of the molecule is CNCc1ccn(Cc2cc(F)ccc2Cl)c1. The molecule has 0 fully saturated rings. The maximum atomic E-state index is 13.1. The van der Waals surface area contributed by atoms with Gasteiger partial charge in [-0.15, -0.1) is 0 Å². The van der Waals surface area contributed by atoms with Gasteiger partial charge in [0, 0.05) is 30.5 Å². The number of halogens is 2. The van der Waals surface area contributed by atoms with Gasteiger partial charge in [0.1, 0.15) is 5.82 Å². The molecule has 1 aromatic carbocycles. The summed E-state index contributed by atoms with van der Waals surface area (Å²) in [6.45, 7) is 1.41. The van der Waals surface area contributed by atoms with Gasteiger partial charge < -0.3 is 9.88 Å². The Labute approximate surface area is 105 Å². The molecular formula is C13H14ClFN2. The second-order valence-corrected chi connectivity index (χ2v) is 4.37. The van der Waals surface area contributed by atoms with Gasteiger partial charge in [0.15, 0.2) is 0 Å². The molecule has 0 saturated carbocycles. The molecule has 0 aliphatic carbocycles. The molecule has 2 rings (SSSR count). The van der Waals surface area contributed by atoms with Crippen LogP contribution in [0.25, 0.3) is 0 Å². The van der Waals surface area contributed by atoms with E-state index in [0.717, 1.165) is 12.1 Å². The van der Waals surface area contributed by atoms with Crippen LogP contribution in [0.3, 0.4) is 0 Å². The van der Waals surface area contributed by atoms with E-state index in [2.05, 4.69) is 5.32 Å². The monoisotopic (exact) mass is 252 g/mol. The fraction of sp³-hybridized carbons (Fsp3) is 0.231. The standard InChI is InChI=1S/C13H14ClFN2/c1-16-7-10-4-5-17(8-10)9-11-6-12(15)2-3-13(11)14/h2-6,8,16H,7,9H2,1H3. The fourth-order valence-corrected chi connectivity index (χ4v) is 1.94. The third kappa shape index (κ3) is 3.08. The molecule has 0 aliphatic heterocycles. The molecule has 0 radical (unpaired) electrons. The normalized spacial score (nSPS) is 10.8. The zero-order valence-electron chi connectivity index (χ0n) is 9.58. The Morgan fingerprint density at radius 1 is 1.35 bits per heavy atom. The van der Waals surface area contributed by atoms with E-state index in [0.29, 0.717) is 11.6 Å². The number of benzene rings is 1. The molecule has 4 heteroatoms. The number of hydrogen-bond donors (Lipinski definition) is 1. The molecule has 17 heavy (non-hydrogen) atoms. The minimum absolute atomic E-state index is 0.257. The smallest absolute Gasteiger partial charge is 0.123 e. The van der Waals surface area contributed by atoms with E-state index in [-0.39, 0.29) is 5.82 Å². The van der Waals surface area contributed by atoms with E-state index >= 15 is 0 Å². The summed E-state index contributed by atoms with van der Waals surface area (Å²) < 4.78 is 15.1. The lowest BCUT2D eigenvalue weighted by molar-refractivity contribution is 0.623. The van der Waals surface area contributed by atoms with Crippen LogP contribution in [0.4, 0.5) is 4.39 Å². The van der Waals surface area contributed by atoms with Crippen molar-refractivity contribution in [3.8, 4) is 0 Å². The molecule has 2 nitrogen and oxygen atoms in total. The second kappa shape index (κ2) is 5.34. The molecule has 1 heterocycles. The van der Waals surface area contributed by atoms with Crippen LogP contribution in [0.15, 0.2) is 36.7 Å². The Kier molecular flexibility index (Phi) is 3.82. The van der Waals surface area contributed by atoms with E-state index < -0.39 is 0 Å². The van der Waals surface area contributed by atoms with Gasteiger partial charge in [0.05, 0.1) is 0 Å². The van der Waals surface area contributed by atoms with E-state index in [1.165, 1.54) is 17.7 Å². The van der Waals surface area contributed by atoms with Crippen molar-refractivity contribution in [1.82, 2.24) is 9.88 Å². The zero-order chi connectivity index (χ0) is 12.3. The highest BCUT2D eigenvalue weighted by Crippen LogP contribution is 2.18. The first-order valence-corrected chi connectivity index (χ1v) is 5.80. The molecule has 0 atom stereocenters. The van der Waals surface area contributed by atoms with Gasteiger partial charge >= 0.3 is 0 Å². The number of hydrogen-bond acceptors (Lipinski definition) is 1. The third-order valence-corrected chi connectivity index (χ3v) is 2.92. The summed E-state index contributed by atoms with van der Waals surface area (Å²) >= 11 is 6.02. The molecule has 0 saturated heterocycles. The Bertz CT molecular complexity index is 508. The zero-order valence-corrected chi connectivity index (χ0v) is 10.3. The number of nitrogens with zero attached hydrogens (tertiary/aromatic N) is 1. The van der Waals surface area contributed by atoms with Gasteiger partial charge in [-0.05, 0) is 42.4 Å². The van der Waals surface area contributed by atoms with E-state index in [1.54, 1.807) is 6.07 Å². The first-order chi connectivity index (χ1) is 8.19. The summed E-state index contributed by atoms with van der Waals surface area (Å²) in [6.07, 6.45) is 3.99. The second-order valence-electron chi connectivity index (χ2n) is 3.96. The number of rotatable bonds is 4. The van der Waals surface area contributed by atoms with Gasteiger partial charge in [-0.2, -0.15) is 0 Å². The van der Waals surface area contributed by atoms with Crippen molar-refractivity contribution in [1.29, 1.82) is 0 Å². The molecule has 0 spiro atoms. The Balaban J connectivity index is 2.16. The minimum Gasteiger partial charge on any atom is -0.350 e. The van der Waals surface area contributed by atoms with Crippen molar-refractivity contribution in [3.05, 3.63) is 58.6 Å². The molecule has 0 aliphatic rings. The predicted octanol–water partition coefficient (Wildman–Crippen LogP) is 3.05. The fourth-order valence-electron chi connectivity index (χ4n) is 1.76. The van der Waals surface area contributed by atoms with Crippen molar-refractivity contribution in [3.63, 3.8) is 0 Å². The van der Waals surface area contributed by atoms with Crippen LogP contribution in [0.5, 0.6) is 0 Å². The average molecular weight is 253 g/mol. The average Bonchev–Trinajstić information content (AvgIpc) is 2.72. The lowest BCUT2D eigenvalue weighted by Gasteiger charge is -2.05. The van der Waals surface area contributed by atoms with Gasteiger partial charge in [-0.3, -0.25) is 0 Å². The highest BCUT2D eigenvalue weighted by atomic mass is 35.5. The van der Waals surface area contributed by atoms with Crippen LogP contribution in [0.2, 0.25) is 5.02 Å².